The molecule has 1 aromatic rings. The van der Waals surface area contributed by atoms with Crippen molar-refractivity contribution in [2.75, 3.05) is 13.7 Å². The molecule has 1 aromatic carbocycles. The third-order valence-corrected chi connectivity index (χ3v) is 4.67. The molecule has 0 saturated heterocycles. The Kier molecular flexibility index (Phi) is 7.88. The van der Waals surface area contributed by atoms with Crippen molar-refractivity contribution < 1.29 is 28.2 Å². The highest BCUT2D eigenvalue weighted by molar-refractivity contribution is 5.89. The monoisotopic (exact) mass is 366 g/mol. The third kappa shape index (κ3) is 6.00. The maximum atomic E-state index is 14.2. The molecule has 1 fully saturated rings. The second-order valence-corrected chi connectivity index (χ2v) is 6.67. The predicted octanol–water partition coefficient (Wildman–Crippen LogP) is 4.28. The van der Waals surface area contributed by atoms with Crippen molar-refractivity contribution in [3.8, 4) is 5.75 Å². The Labute approximate surface area is 153 Å². The van der Waals surface area contributed by atoms with E-state index in [4.69, 9.17) is 14.2 Å². The van der Waals surface area contributed by atoms with Gasteiger partial charge < -0.3 is 14.2 Å². The van der Waals surface area contributed by atoms with E-state index in [1.165, 1.54) is 19.2 Å². The average Bonchev–Trinajstić information content (AvgIpc) is 2.63. The van der Waals surface area contributed by atoms with Crippen LogP contribution in [0.15, 0.2) is 18.2 Å². The van der Waals surface area contributed by atoms with Gasteiger partial charge in [0.15, 0.2) is 0 Å². The summed E-state index contributed by atoms with van der Waals surface area (Å²) in [4.78, 5) is 23.2. The molecule has 144 valence electrons. The Morgan fingerprint density at radius 3 is 2.54 bits per heavy atom. The van der Waals surface area contributed by atoms with Gasteiger partial charge in [-0.2, -0.15) is 0 Å². The van der Waals surface area contributed by atoms with E-state index in [-0.39, 0.29) is 17.6 Å². The first-order valence-electron chi connectivity index (χ1n) is 9.23. The molecule has 26 heavy (non-hydrogen) atoms. The minimum absolute atomic E-state index is 0.00865. The first kappa shape index (κ1) is 20.2. The largest absolute Gasteiger partial charge is 0.490 e. The highest BCUT2D eigenvalue weighted by Gasteiger charge is 2.25. The van der Waals surface area contributed by atoms with Crippen LogP contribution < -0.4 is 4.74 Å². The van der Waals surface area contributed by atoms with Crippen LogP contribution in [0, 0.1) is 11.7 Å². The summed E-state index contributed by atoms with van der Waals surface area (Å²) < 4.78 is 29.8. The second-order valence-electron chi connectivity index (χ2n) is 6.67. The third-order valence-electron chi connectivity index (χ3n) is 4.67. The van der Waals surface area contributed by atoms with Gasteiger partial charge in [-0.1, -0.05) is 13.3 Å². The van der Waals surface area contributed by atoms with Crippen LogP contribution in [0.2, 0.25) is 0 Å². The molecule has 0 heterocycles. The van der Waals surface area contributed by atoms with Crippen LogP contribution in [-0.4, -0.2) is 31.8 Å². The van der Waals surface area contributed by atoms with Crippen molar-refractivity contribution >= 4 is 11.9 Å². The zero-order valence-electron chi connectivity index (χ0n) is 15.5. The fourth-order valence-electron chi connectivity index (χ4n) is 3.09. The van der Waals surface area contributed by atoms with Crippen LogP contribution in [0.1, 0.15) is 62.2 Å². The lowest BCUT2D eigenvalue weighted by molar-refractivity contribution is -0.142. The fraction of sp³-hybridized carbons (Fsp3) is 0.600. The SMILES string of the molecule is CCCCOC(=O)c1ccc(OC2CCC(CC(=O)OC)CC2)cc1F. The number of carbonyl (C=O) groups excluding carboxylic acids is 2. The fourth-order valence-corrected chi connectivity index (χ4v) is 3.09. The van der Waals surface area contributed by atoms with Gasteiger partial charge in [0, 0.05) is 12.5 Å². The van der Waals surface area contributed by atoms with Crippen molar-refractivity contribution in [3.05, 3.63) is 29.6 Å². The van der Waals surface area contributed by atoms with Gasteiger partial charge in [0.25, 0.3) is 0 Å². The number of halogens is 1. The van der Waals surface area contributed by atoms with Crippen molar-refractivity contribution in [1.82, 2.24) is 0 Å². The van der Waals surface area contributed by atoms with E-state index in [1.807, 2.05) is 6.92 Å². The maximum absolute atomic E-state index is 14.2. The molecule has 5 nitrogen and oxygen atoms in total. The van der Waals surface area contributed by atoms with Gasteiger partial charge in [-0.3, -0.25) is 4.79 Å². The minimum Gasteiger partial charge on any atom is -0.490 e. The highest BCUT2D eigenvalue weighted by Crippen LogP contribution is 2.30. The van der Waals surface area contributed by atoms with Gasteiger partial charge in [-0.25, -0.2) is 9.18 Å². The molecule has 2 rings (SSSR count). The van der Waals surface area contributed by atoms with Gasteiger partial charge in [0.2, 0.25) is 0 Å². The lowest BCUT2D eigenvalue weighted by Crippen LogP contribution is -2.25. The summed E-state index contributed by atoms with van der Waals surface area (Å²) in [7, 11) is 1.40. The molecule has 1 aliphatic carbocycles. The van der Waals surface area contributed by atoms with Crippen molar-refractivity contribution in [2.45, 2.75) is 58.0 Å². The quantitative estimate of drug-likeness (QED) is 0.507. The van der Waals surface area contributed by atoms with E-state index >= 15 is 0 Å². The summed E-state index contributed by atoms with van der Waals surface area (Å²) in [5.41, 5.74) is -0.0739. The Morgan fingerprint density at radius 1 is 1.19 bits per heavy atom. The van der Waals surface area contributed by atoms with E-state index in [0.29, 0.717) is 24.7 Å². The summed E-state index contributed by atoms with van der Waals surface area (Å²) in [6, 6.07) is 4.23. The number of esters is 2. The molecule has 1 aliphatic rings. The number of rotatable bonds is 8. The molecule has 6 heteroatoms. The smallest absolute Gasteiger partial charge is 0.341 e. The standard InChI is InChI=1S/C20H27FO5/c1-3-4-11-25-20(23)17-10-9-16(13-18(17)21)26-15-7-5-14(6-8-15)12-19(22)24-2/h9-10,13-15H,3-8,11-12H2,1-2H3. The van der Waals surface area contributed by atoms with E-state index < -0.39 is 11.8 Å². The maximum Gasteiger partial charge on any atom is 0.341 e. The van der Waals surface area contributed by atoms with Crippen molar-refractivity contribution in [2.24, 2.45) is 5.92 Å². The zero-order valence-corrected chi connectivity index (χ0v) is 15.5. The molecule has 0 unspecified atom stereocenters. The molecular weight excluding hydrogens is 339 g/mol. The van der Waals surface area contributed by atoms with E-state index in [2.05, 4.69) is 0 Å². The van der Waals surface area contributed by atoms with E-state index in [1.54, 1.807) is 6.07 Å². The average molecular weight is 366 g/mol. The first-order chi connectivity index (χ1) is 12.5. The van der Waals surface area contributed by atoms with Gasteiger partial charge in [0.1, 0.15) is 11.6 Å². The first-order valence-corrected chi connectivity index (χ1v) is 9.23. The van der Waals surface area contributed by atoms with Crippen LogP contribution in [0.5, 0.6) is 5.75 Å². The summed E-state index contributed by atoms with van der Waals surface area (Å²) in [5, 5.41) is 0. The molecule has 1 saturated carbocycles. The number of ether oxygens (including phenoxy) is 3. The Balaban J connectivity index is 1.84. The lowest BCUT2D eigenvalue weighted by Gasteiger charge is -2.28. The summed E-state index contributed by atoms with van der Waals surface area (Å²) in [6.07, 6.45) is 5.47. The summed E-state index contributed by atoms with van der Waals surface area (Å²) >= 11 is 0. The van der Waals surface area contributed by atoms with Crippen molar-refractivity contribution in [1.29, 1.82) is 0 Å². The minimum atomic E-state index is -0.647. The number of methoxy groups -OCH3 is 1. The topological polar surface area (TPSA) is 61.8 Å². The van der Waals surface area contributed by atoms with Crippen LogP contribution in [0.4, 0.5) is 4.39 Å². The van der Waals surface area contributed by atoms with E-state index in [9.17, 15) is 14.0 Å². The van der Waals surface area contributed by atoms with Gasteiger partial charge in [0.05, 0.1) is 25.4 Å². The van der Waals surface area contributed by atoms with Crippen LogP contribution in [0.3, 0.4) is 0 Å². The summed E-state index contributed by atoms with van der Waals surface area (Å²) in [6.45, 7) is 2.28. The molecule has 0 aromatic heterocycles. The molecule has 0 N–H and O–H groups in total. The number of unbranched alkanes of at least 4 members (excludes halogenated alkanes) is 1. The molecule has 0 bridgehead atoms. The van der Waals surface area contributed by atoms with Gasteiger partial charge >= 0.3 is 11.9 Å². The normalized spacial score (nSPS) is 19.7. The number of carbonyl (C=O) groups is 2. The van der Waals surface area contributed by atoms with Crippen LogP contribution in [-0.2, 0) is 14.3 Å². The Morgan fingerprint density at radius 2 is 1.92 bits per heavy atom. The Hall–Kier alpha value is -2.11. The lowest BCUT2D eigenvalue weighted by atomic mass is 9.85. The molecule has 0 radical (unpaired) electrons. The number of hydrogen-bond donors (Lipinski definition) is 0. The molecule has 0 atom stereocenters. The van der Waals surface area contributed by atoms with Crippen LogP contribution >= 0.6 is 0 Å². The van der Waals surface area contributed by atoms with Crippen LogP contribution in [0.25, 0.3) is 0 Å². The number of benzene rings is 1. The predicted molar refractivity (Wildman–Crippen MR) is 94.6 cm³/mol. The molecule has 0 aliphatic heterocycles. The van der Waals surface area contributed by atoms with E-state index in [0.717, 1.165) is 38.5 Å². The molecule has 0 spiro atoms. The zero-order chi connectivity index (χ0) is 18.9. The summed E-state index contributed by atoms with van der Waals surface area (Å²) in [5.74, 6) is -0.740. The Bertz CT molecular complexity index is 608. The molecule has 0 amide bonds. The van der Waals surface area contributed by atoms with Crippen molar-refractivity contribution in [3.63, 3.8) is 0 Å². The number of hydrogen-bond acceptors (Lipinski definition) is 5. The van der Waals surface area contributed by atoms with Gasteiger partial charge in [-0.15, -0.1) is 0 Å². The molecular formula is C20H27FO5. The second kappa shape index (κ2) is 10.1. The highest BCUT2D eigenvalue weighted by atomic mass is 19.1. The van der Waals surface area contributed by atoms with Gasteiger partial charge in [-0.05, 0) is 50.2 Å².